The highest BCUT2D eigenvalue weighted by atomic mass is 16.6. The van der Waals surface area contributed by atoms with Gasteiger partial charge in [0.1, 0.15) is 18.3 Å². The molecule has 1 fully saturated rings. The number of Topliss-reactive ketones (excluding diaryl/α,β-unsaturated/α-hetero) is 1. The maximum atomic E-state index is 11.0. The summed E-state index contributed by atoms with van der Waals surface area (Å²) >= 11 is 0. The van der Waals surface area contributed by atoms with Gasteiger partial charge in [-0.3, -0.25) is 4.79 Å². The van der Waals surface area contributed by atoms with Crippen molar-refractivity contribution in [1.82, 2.24) is 0 Å². The zero-order chi connectivity index (χ0) is 12.3. The second-order valence-electron chi connectivity index (χ2n) is 3.97. The number of ether oxygens (including phenoxy) is 2. The van der Waals surface area contributed by atoms with Gasteiger partial charge in [-0.15, -0.1) is 0 Å². The summed E-state index contributed by atoms with van der Waals surface area (Å²) in [5.41, 5.74) is 0. The molecule has 1 aliphatic rings. The van der Waals surface area contributed by atoms with Gasteiger partial charge in [0.2, 0.25) is 0 Å². The number of hydrogen-bond donors (Lipinski definition) is 3. The monoisotopic (exact) mass is 234 g/mol. The molecule has 0 saturated carbocycles. The molecular formula is C10H18O6. The molecule has 0 unspecified atom stereocenters. The molecular weight excluding hydrogens is 216 g/mol. The Kier molecular flexibility index (Phi) is 4.82. The Morgan fingerprint density at radius 2 is 2.19 bits per heavy atom. The molecule has 16 heavy (non-hydrogen) atoms. The van der Waals surface area contributed by atoms with Crippen molar-refractivity contribution in [3.63, 3.8) is 0 Å². The first-order valence-electron chi connectivity index (χ1n) is 5.24. The van der Waals surface area contributed by atoms with Gasteiger partial charge in [-0.1, -0.05) is 0 Å². The molecule has 1 saturated heterocycles. The standard InChI is InChI=1S/C10H18O6/c1-5(12)6(2)15-7-3-9(13)16-8(4-11)10(7)14/h6-11,13-14H,3-4H2,1-2H3/t6-,7-,8-,9+,10+/m1/s1. The summed E-state index contributed by atoms with van der Waals surface area (Å²) in [5.74, 6) is -0.159. The second kappa shape index (κ2) is 5.70. The zero-order valence-electron chi connectivity index (χ0n) is 9.37. The second-order valence-corrected chi connectivity index (χ2v) is 3.97. The minimum absolute atomic E-state index is 0.0787. The van der Waals surface area contributed by atoms with Crippen LogP contribution in [-0.2, 0) is 14.3 Å². The fourth-order valence-corrected chi connectivity index (χ4v) is 1.56. The Labute approximate surface area is 93.8 Å². The van der Waals surface area contributed by atoms with Crippen molar-refractivity contribution in [2.75, 3.05) is 6.61 Å². The van der Waals surface area contributed by atoms with Crippen molar-refractivity contribution >= 4 is 5.78 Å². The van der Waals surface area contributed by atoms with Gasteiger partial charge in [0, 0.05) is 6.42 Å². The van der Waals surface area contributed by atoms with Crippen LogP contribution in [0.1, 0.15) is 20.3 Å². The molecule has 0 aromatic carbocycles. The van der Waals surface area contributed by atoms with E-state index in [4.69, 9.17) is 14.6 Å². The molecule has 0 aromatic heterocycles. The Bertz CT molecular complexity index is 243. The van der Waals surface area contributed by atoms with Gasteiger partial charge in [-0.2, -0.15) is 0 Å². The number of aliphatic hydroxyl groups is 3. The third kappa shape index (κ3) is 3.23. The first kappa shape index (κ1) is 13.5. The van der Waals surface area contributed by atoms with Crippen LogP contribution in [0.2, 0.25) is 0 Å². The molecule has 1 heterocycles. The van der Waals surface area contributed by atoms with Crippen molar-refractivity contribution in [1.29, 1.82) is 0 Å². The van der Waals surface area contributed by atoms with Crippen molar-refractivity contribution in [2.24, 2.45) is 0 Å². The Morgan fingerprint density at radius 1 is 1.56 bits per heavy atom. The lowest BCUT2D eigenvalue weighted by Gasteiger charge is -2.37. The molecule has 0 radical (unpaired) electrons. The lowest BCUT2D eigenvalue weighted by atomic mass is 10.0. The van der Waals surface area contributed by atoms with E-state index in [1.54, 1.807) is 6.92 Å². The summed E-state index contributed by atoms with van der Waals surface area (Å²) in [7, 11) is 0. The van der Waals surface area contributed by atoms with Crippen LogP contribution in [0.3, 0.4) is 0 Å². The number of carbonyl (C=O) groups is 1. The Balaban J connectivity index is 2.60. The molecule has 94 valence electrons. The van der Waals surface area contributed by atoms with E-state index < -0.39 is 37.3 Å². The number of hydrogen-bond acceptors (Lipinski definition) is 6. The molecule has 6 nitrogen and oxygen atoms in total. The summed E-state index contributed by atoms with van der Waals surface area (Å²) in [6, 6.07) is 0. The van der Waals surface area contributed by atoms with Gasteiger partial charge in [0.25, 0.3) is 0 Å². The van der Waals surface area contributed by atoms with Crippen LogP contribution in [0.4, 0.5) is 0 Å². The minimum Gasteiger partial charge on any atom is -0.394 e. The number of rotatable bonds is 4. The van der Waals surface area contributed by atoms with Crippen LogP contribution >= 0.6 is 0 Å². The van der Waals surface area contributed by atoms with E-state index in [0.29, 0.717) is 0 Å². The normalized spacial score (nSPS) is 37.1. The predicted molar refractivity (Wildman–Crippen MR) is 53.6 cm³/mol. The Hall–Kier alpha value is -0.530. The summed E-state index contributed by atoms with van der Waals surface area (Å²) in [5, 5.41) is 28.0. The van der Waals surface area contributed by atoms with E-state index in [-0.39, 0.29) is 12.2 Å². The van der Waals surface area contributed by atoms with Gasteiger partial charge < -0.3 is 24.8 Å². The van der Waals surface area contributed by atoms with E-state index in [9.17, 15) is 15.0 Å². The third-order valence-electron chi connectivity index (χ3n) is 2.66. The molecule has 0 aromatic rings. The van der Waals surface area contributed by atoms with Crippen molar-refractivity contribution in [3.8, 4) is 0 Å². The van der Waals surface area contributed by atoms with Crippen molar-refractivity contribution in [3.05, 3.63) is 0 Å². The fourth-order valence-electron chi connectivity index (χ4n) is 1.56. The molecule has 0 spiro atoms. The highest BCUT2D eigenvalue weighted by Crippen LogP contribution is 2.22. The molecule has 5 atom stereocenters. The summed E-state index contributed by atoms with van der Waals surface area (Å²) < 4.78 is 10.2. The van der Waals surface area contributed by atoms with Gasteiger partial charge in [-0.25, -0.2) is 0 Å². The molecule has 1 aliphatic heterocycles. The van der Waals surface area contributed by atoms with Crippen LogP contribution in [0, 0.1) is 0 Å². The highest BCUT2D eigenvalue weighted by molar-refractivity contribution is 5.79. The van der Waals surface area contributed by atoms with Crippen LogP contribution in [0.15, 0.2) is 0 Å². The van der Waals surface area contributed by atoms with E-state index in [2.05, 4.69) is 0 Å². The number of ketones is 1. The van der Waals surface area contributed by atoms with E-state index in [1.165, 1.54) is 6.92 Å². The minimum atomic E-state index is -1.09. The SMILES string of the molecule is CC(=O)[C@@H](C)O[C@@H]1C[C@@H](O)O[C@H](CO)[C@H]1O. The predicted octanol–water partition coefficient (Wildman–Crippen LogP) is -1.19. The lowest BCUT2D eigenvalue weighted by Crippen LogP contribution is -2.52. The van der Waals surface area contributed by atoms with Gasteiger partial charge in [0.15, 0.2) is 12.1 Å². The molecule has 6 heteroatoms. The average Bonchev–Trinajstić information content (AvgIpc) is 2.22. The summed E-state index contributed by atoms with van der Waals surface area (Å²) in [6.07, 6.45) is -4.30. The van der Waals surface area contributed by atoms with E-state index >= 15 is 0 Å². The smallest absolute Gasteiger partial charge is 0.158 e. The Morgan fingerprint density at radius 3 is 2.69 bits per heavy atom. The largest absolute Gasteiger partial charge is 0.394 e. The lowest BCUT2D eigenvalue weighted by molar-refractivity contribution is -0.252. The van der Waals surface area contributed by atoms with Crippen LogP contribution in [-0.4, -0.2) is 58.4 Å². The first-order chi connectivity index (χ1) is 7.45. The maximum Gasteiger partial charge on any atom is 0.158 e. The van der Waals surface area contributed by atoms with Crippen LogP contribution in [0.5, 0.6) is 0 Å². The number of aliphatic hydroxyl groups excluding tert-OH is 3. The highest BCUT2D eigenvalue weighted by Gasteiger charge is 2.38. The van der Waals surface area contributed by atoms with Gasteiger partial charge in [-0.05, 0) is 13.8 Å². The summed E-state index contributed by atoms with van der Waals surface area (Å²) in [6.45, 7) is 2.55. The van der Waals surface area contributed by atoms with Gasteiger partial charge >= 0.3 is 0 Å². The molecule has 3 N–H and O–H groups in total. The quantitative estimate of drug-likeness (QED) is 0.566. The average molecular weight is 234 g/mol. The van der Waals surface area contributed by atoms with Crippen LogP contribution in [0.25, 0.3) is 0 Å². The topological polar surface area (TPSA) is 96.2 Å². The third-order valence-corrected chi connectivity index (χ3v) is 2.66. The van der Waals surface area contributed by atoms with Gasteiger partial charge in [0.05, 0.1) is 12.7 Å². The maximum absolute atomic E-state index is 11.0. The molecule has 0 aliphatic carbocycles. The van der Waals surface area contributed by atoms with E-state index in [0.717, 1.165) is 0 Å². The van der Waals surface area contributed by atoms with Crippen molar-refractivity contribution in [2.45, 2.75) is 51.0 Å². The fraction of sp³-hybridized carbons (Fsp3) is 0.900. The van der Waals surface area contributed by atoms with Crippen molar-refractivity contribution < 1.29 is 29.6 Å². The zero-order valence-corrected chi connectivity index (χ0v) is 9.37. The van der Waals surface area contributed by atoms with Crippen LogP contribution < -0.4 is 0 Å². The molecule has 0 amide bonds. The first-order valence-corrected chi connectivity index (χ1v) is 5.24. The summed E-state index contributed by atoms with van der Waals surface area (Å²) in [4.78, 5) is 11.0. The van der Waals surface area contributed by atoms with E-state index in [1.807, 2.05) is 0 Å². The molecule has 1 rings (SSSR count). The molecule has 0 bridgehead atoms. The number of carbonyl (C=O) groups excluding carboxylic acids is 1.